The number of nitrogens with zero attached hydrogens (tertiary/aromatic N) is 1. The average molecular weight is 293 g/mol. The molecule has 1 amide bonds. The van der Waals surface area contributed by atoms with E-state index in [1.807, 2.05) is 13.8 Å². The number of rotatable bonds is 7. The van der Waals surface area contributed by atoms with E-state index < -0.39 is 17.4 Å². The Morgan fingerprint density at radius 2 is 2.14 bits per heavy atom. The minimum Gasteiger partial charge on any atom is -0.462 e. The molecule has 0 aromatic carbocycles. The van der Waals surface area contributed by atoms with Gasteiger partial charge in [-0.3, -0.25) is 15.1 Å². The van der Waals surface area contributed by atoms with Gasteiger partial charge in [0.15, 0.2) is 0 Å². The van der Waals surface area contributed by atoms with Crippen LogP contribution in [0.15, 0.2) is 18.3 Å². The van der Waals surface area contributed by atoms with Crippen LogP contribution >= 0.6 is 0 Å². The Kier molecular flexibility index (Phi) is 5.84. The van der Waals surface area contributed by atoms with E-state index in [9.17, 15) is 9.59 Å². The zero-order chi connectivity index (χ0) is 16.0. The first kappa shape index (κ1) is 17.1. The molecule has 6 nitrogen and oxygen atoms in total. The number of pyridine rings is 1. The molecule has 116 valence electrons. The topological polar surface area (TPSA) is 94.3 Å². The number of nitrogens with two attached hydrogens (primary N) is 1. The molecule has 0 aliphatic rings. The zero-order valence-electron chi connectivity index (χ0n) is 13.0. The van der Waals surface area contributed by atoms with Gasteiger partial charge in [0.05, 0.1) is 23.4 Å². The first-order chi connectivity index (χ1) is 9.82. The molecule has 0 radical (unpaired) electrons. The second-order valence-electron chi connectivity index (χ2n) is 5.29. The van der Waals surface area contributed by atoms with Crippen molar-refractivity contribution in [2.45, 2.75) is 39.8 Å². The highest BCUT2D eigenvalue weighted by molar-refractivity contribution is 5.90. The standard InChI is InChI=1S/C15H23N3O3/c1-5-21-13(19)11-7-6-8-17-12(11)9-18-15(4,10(2)3)14(16)20/h6-8,10,18H,5,9H2,1-4H3,(H2,16,20). The van der Waals surface area contributed by atoms with Gasteiger partial charge in [-0.2, -0.15) is 0 Å². The van der Waals surface area contributed by atoms with Crippen molar-refractivity contribution in [1.82, 2.24) is 10.3 Å². The number of nitrogens with one attached hydrogen (secondary N) is 1. The predicted molar refractivity (Wildman–Crippen MR) is 79.5 cm³/mol. The van der Waals surface area contributed by atoms with Gasteiger partial charge in [-0.25, -0.2) is 4.79 Å². The first-order valence-electron chi connectivity index (χ1n) is 6.98. The van der Waals surface area contributed by atoms with Crippen LogP contribution in [-0.4, -0.2) is 29.0 Å². The number of carbonyl (C=O) groups is 2. The lowest BCUT2D eigenvalue weighted by Crippen LogP contribution is -2.56. The number of aromatic nitrogens is 1. The summed E-state index contributed by atoms with van der Waals surface area (Å²) in [5.41, 5.74) is 5.52. The Morgan fingerprint density at radius 3 is 2.67 bits per heavy atom. The van der Waals surface area contributed by atoms with Crippen LogP contribution in [-0.2, 0) is 16.1 Å². The first-order valence-corrected chi connectivity index (χ1v) is 6.98. The van der Waals surface area contributed by atoms with Crippen molar-refractivity contribution in [2.75, 3.05) is 6.61 Å². The molecule has 0 bridgehead atoms. The molecule has 1 unspecified atom stereocenters. The molecule has 6 heteroatoms. The van der Waals surface area contributed by atoms with Crippen LogP contribution in [0.4, 0.5) is 0 Å². The Bertz CT molecular complexity index is 517. The Balaban J connectivity index is 2.94. The number of primary amides is 1. The second kappa shape index (κ2) is 7.17. The molecule has 0 saturated heterocycles. The normalized spacial score (nSPS) is 13.8. The largest absolute Gasteiger partial charge is 0.462 e. The smallest absolute Gasteiger partial charge is 0.340 e. The number of esters is 1. The van der Waals surface area contributed by atoms with E-state index in [0.29, 0.717) is 17.9 Å². The molecule has 3 N–H and O–H groups in total. The van der Waals surface area contributed by atoms with Crippen LogP contribution in [0.3, 0.4) is 0 Å². The number of hydrogen-bond acceptors (Lipinski definition) is 5. The van der Waals surface area contributed by atoms with Crippen molar-refractivity contribution >= 4 is 11.9 Å². The summed E-state index contributed by atoms with van der Waals surface area (Å²) in [5, 5.41) is 3.10. The fraction of sp³-hybridized carbons (Fsp3) is 0.533. The molecule has 1 aromatic rings. The van der Waals surface area contributed by atoms with E-state index in [-0.39, 0.29) is 12.5 Å². The van der Waals surface area contributed by atoms with Gasteiger partial charge in [0, 0.05) is 12.7 Å². The molecule has 1 heterocycles. The molecule has 1 rings (SSSR count). The van der Waals surface area contributed by atoms with E-state index in [0.717, 1.165) is 0 Å². The number of carbonyl (C=O) groups excluding carboxylic acids is 2. The summed E-state index contributed by atoms with van der Waals surface area (Å²) in [6.45, 7) is 7.85. The summed E-state index contributed by atoms with van der Waals surface area (Å²) < 4.78 is 5.00. The lowest BCUT2D eigenvalue weighted by Gasteiger charge is -2.31. The van der Waals surface area contributed by atoms with Crippen molar-refractivity contribution < 1.29 is 14.3 Å². The predicted octanol–water partition coefficient (Wildman–Crippen LogP) is 1.25. The molecule has 0 fully saturated rings. The monoisotopic (exact) mass is 293 g/mol. The maximum atomic E-state index is 11.9. The fourth-order valence-electron chi connectivity index (χ4n) is 1.82. The zero-order valence-corrected chi connectivity index (χ0v) is 13.0. The summed E-state index contributed by atoms with van der Waals surface area (Å²) in [5.74, 6) is -0.858. The highest BCUT2D eigenvalue weighted by Gasteiger charge is 2.34. The molecule has 0 aliphatic heterocycles. The minimum absolute atomic E-state index is 0.00440. The van der Waals surface area contributed by atoms with Crippen LogP contribution in [0.1, 0.15) is 43.7 Å². The van der Waals surface area contributed by atoms with E-state index in [2.05, 4.69) is 10.3 Å². The quantitative estimate of drug-likeness (QED) is 0.738. The van der Waals surface area contributed by atoms with Gasteiger partial charge in [-0.05, 0) is 31.9 Å². The van der Waals surface area contributed by atoms with Crippen LogP contribution in [0.2, 0.25) is 0 Å². The third-order valence-corrected chi connectivity index (χ3v) is 3.68. The molecular weight excluding hydrogens is 270 g/mol. The van der Waals surface area contributed by atoms with E-state index in [4.69, 9.17) is 10.5 Å². The molecular formula is C15H23N3O3. The van der Waals surface area contributed by atoms with Gasteiger partial charge < -0.3 is 10.5 Å². The number of hydrogen-bond donors (Lipinski definition) is 2. The summed E-state index contributed by atoms with van der Waals surface area (Å²) in [6.07, 6.45) is 1.59. The van der Waals surface area contributed by atoms with Crippen LogP contribution in [0.25, 0.3) is 0 Å². The van der Waals surface area contributed by atoms with Crippen LogP contribution in [0, 0.1) is 5.92 Å². The Hall–Kier alpha value is -1.95. The van der Waals surface area contributed by atoms with E-state index in [1.165, 1.54) is 0 Å². The second-order valence-corrected chi connectivity index (χ2v) is 5.29. The Labute approximate surface area is 125 Å². The summed E-state index contributed by atoms with van der Waals surface area (Å²) in [4.78, 5) is 27.7. The maximum Gasteiger partial charge on any atom is 0.340 e. The van der Waals surface area contributed by atoms with Crippen molar-refractivity contribution in [3.8, 4) is 0 Å². The van der Waals surface area contributed by atoms with Crippen molar-refractivity contribution in [3.05, 3.63) is 29.6 Å². The highest BCUT2D eigenvalue weighted by Crippen LogP contribution is 2.17. The molecule has 0 aliphatic carbocycles. The van der Waals surface area contributed by atoms with Gasteiger partial charge in [-0.1, -0.05) is 13.8 Å². The lowest BCUT2D eigenvalue weighted by molar-refractivity contribution is -0.125. The summed E-state index contributed by atoms with van der Waals surface area (Å²) in [7, 11) is 0. The number of amides is 1. The van der Waals surface area contributed by atoms with Crippen LogP contribution in [0.5, 0.6) is 0 Å². The highest BCUT2D eigenvalue weighted by atomic mass is 16.5. The van der Waals surface area contributed by atoms with Gasteiger partial charge in [0.25, 0.3) is 0 Å². The SMILES string of the molecule is CCOC(=O)c1cccnc1CNC(C)(C(N)=O)C(C)C. The van der Waals surface area contributed by atoms with Gasteiger partial charge >= 0.3 is 5.97 Å². The third kappa shape index (κ3) is 4.01. The molecule has 1 atom stereocenters. The molecule has 0 saturated carbocycles. The molecule has 0 spiro atoms. The molecule has 21 heavy (non-hydrogen) atoms. The summed E-state index contributed by atoms with van der Waals surface area (Å²) >= 11 is 0. The maximum absolute atomic E-state index is 11.9. The van der Waals surface area contributed by atoms with Gasteiger partial charge in [0.2, 0.25) is 5.91 Å². The van der Waals surface area contributed by atoms with Gasteiger partial charge in [0.1, 0.15) is 0 Å². The van der Waals surface area contributed by atoms with Crippen LogP contribution < -0.4 is 11.1 Å². The van der Waals surface area contributed by atoms with E-state index in [1.54, 1.807) is 32.2 Å². The molecule has 1 aromatic heterocycles. The number of ether oxygens (including phenoxy) is 1. The van der Waals surface area contributed by atoms with Crippen molar-refractivity contribution in [2.24, 2.45) is 11.7 Å². The van der Waals surface area contributed by atoms with Crippen molar-refractivity contribution in [1.29, 1.82) is 0 Å². The van der Waals surface area contributed by atoms with Gasteiger partial charge in [-0.15, -0.1) is 0 Å². The summed E-state index contributed by atoms with van der Waals surface area (Å²) in [6, 6.07) is 3.32. The Morgan fingerprint density at radius 1 is 1.48 bits per heavy atom. The van der Waals surface area contributed by atoms with Crippen molar-refractivity contribution in [3.63, 3.8) is 0 Å². The fourth-order valence-corrected chi connectivity index (χ4v) is 1.82. The third-order valence-electron chi connectivity index (χ3n) is 3.68. The van der Waals surface area contributed by atoms with E-state index >= 15 is 0 Å². The lowest BCUT2D eigenvalue weighted by atomic mass is 9.87. The minimum atomic E-state index is -0.872. The average Bonchev–Trinajstić information content (AvgIpc) is 2.44.